The standard InChI is InChI=1S/C16H16O5/c1-9(17)14-13(10-3-5-11(20-2)6-4-10)12-7-8-16(14,19)15(18)21-12/h3-8,12-14,19H,1-2H3/t12-,13+,14-,16-/m1/s1. The molecule has 4 atom stereocenters. The lowest BCUT2D eigenvalue weighted by molar-refractivity contribution is -0.189. The van der Waals surface area contributed by atoms with Crippen LogP contribution in [-0.2, 0) is 14.3 Å². The van der Waals surface area contributed by atoms with Crippen molar-refractivity contribution >= 4 is 11.8 Å². The average molecular weight is 288 g/mol. The fraction of sp³-hybridized carbons (Fsp3) is 0.375. The van der Waals surface area contributed by atoms with E-state index in [2.05, 4.69) is 0 Å². The van der Waals surface area contributed by atoms with Crippen molar-refractivity contribution in [2.75, 3.05) is 7.11 Å². The second-order valence-corrected chi connectivity index (χ2v) is 5.44. The molecule has 2 heterocycles. The van der Waals surface area contributed by atoms with Crippen molar-refractivity contribution in [2.45, 2.75) is 24.5 Å². The molecule has 4 rings (SSSR count). The molecule has 0 radical (unpaired) electrons. The minimum absolute atomic E-state index is 0.232. The number of rotatable bonds is 3. The van der Waals surface area contributed by atoms with E-state index in [0.717, 1.165) is 5.56 Å². The first-order valence-corrected chi connectivity index (χ1v) is 6.74. The van der Waals surface area contributed by atoms with Gasteiger partial charge in [0.25, 0.3) is 0 Å². The molecule has 0 amide bonds. The van der Waals surface area contributed by atoms with E-state index in [1.54, 1.807) is 25.3 Å². The number of esters is 1. The summed E-state index contributed by atoms with van der Waals surface area (Å²) in [5.74, 6) is -1.50. The SMILES string of the molecule is COc1ccc([C@@H]2[C@@H](C(C)=O)[C@]3(O)C=C[C@H]2OC3=O)cc1. The molecular weight excluding hydrogens is 272 g/mol. The molecule has 1 saturated heterocycles. The average Bonchev–Trinajstić information content (AvgIpc) is 2.47. The Bertz CT molecular complexity index is 618. The van der Waals surface area contributed by atoms with Crippen molar-refractivity contribution in [1.29, 1.82) is 0 Å². The zero-order valence-corrected chi connectivity index (χ0v) is 11.8. The van der Waals surface area contributed by atoms with Gasteiger partial charge in [0.2, 0.25) is 0 Å². The Labute approximate surface area is 122 Å². The Morgan fingerprint density at radius 1 is 1.33 bits per heavy atom. The van der Waals surface area contributed by atoms with Crippen molar-refractivity contribution in [3.05, 3.63) is 42.0 Å². The highest BCUT2D eigenvalue weighted by Crippen LogP contribution is 2.47. The van der Waals surface area contributed by atoms with Crippen molar-refractivity contribution in [1.82, 2.24) is 0 Å². The predicted octanol–water partition coefficient (Wildman–Crippen LogP) is 1.21. The molecule has 1 aliphatic carbocycles. The van der Waals surface area contributed by atoms with Crippen LogP contribution in [0.1, 0.15) is 18.4 Å². The summed E-state index contributed by atoms with van der Waals surface area (Å²) in [6.45, 7) is 1.39. The number of carbonyl (C=O) groups excluding carboxylic acids is 2. The minimum Gasteiger partial charge on any atom is -0.497 e. The van der Waals surface area contributed by atoms with Crippen LogP contribution in [0.2, 0.25) is 0 Å². The topological polar surface area (TPSA) is 72.8 Å². The number of Topliss-reactive ketones (excluding diaryl/α,β-unsaturated/α-hetero) is 1. The van der Waals surface area contributed by atoms with Crippen molar-refractivity contribution in [3.8, 4) is 5.75 Å². The van der Waals surface area contributed by atoms with E-state index < -0.39 is 23.6 Å². The Morgan fingerprint density at radius 2 is 2.00 bits per heavy atom. The second kappa shape index (κ2) is 4.70. The highest BCUT2D eigenvalue weighted by Gasteiger charge is 2.59. The third-order valence-corrected chi connectivity index (χ3v) is 4.24. The van der Waals surface area contributed by atoms with Gasteiger partial charge in [0, 0.05) is 5.92 Å². The molecule has 1 fully saturated rings. The number of carbonyl (C=O) groups is 2. The van der Waals surface area contributed by atoms with Crippen LogP contribution in [0.4, 0.5) is 0 Å². The van der Waals surface area contributed by atoms with E-state index in [4.69, 9.17) is 9.47 Å². The number of fused-ring (bicyclic) bond motifs is 2. The molecule has 1 N–H and O–H groups in total. The van der Waals surface area contributed by atoms with Crippen LogP contribution in [0.25, 0.3) is 0 Å². The third kappa shape index (κ3) is 1.96. The lowest BCUT2D eigenvalue weighted by Gasteiger charge is -2.47. The summed E-state index contributed by atoms with van der Waals surface area (Å²) in [5, 5.41) is 10.5. The summed E-state index contributed by atoms with van der Waals surface area (Å²) in [6, 6.07) is 7.21. The van der Waals surface area contributed by atoms with Gasteiger partial charge in [-0.2, -0.15) is 0 Å². The van der Waals surface area contributed by atoms with Crippen LogP contribution in [-0.4, -0.2) is 35.7 Å². The van der Waals surface area contributed by atoms with Gasteiger partial charge in [0.15, 0.2) is 5.60 Å². The van der Waals surface area contributed by atoms with Crippen LogP contribution in [0.3, 0.4) is 0 Å². The molecule has 2 aliphatic heterocycles. The Hall–Kier alpha value is -2.14. The molecule has 21 heavy (non-hydrogen) atoms. The highest BCUT2D eigenvalue weighted by molar-refractivity contribution is 5.94. The van der Waals surface area contributed by atoms with E-state index in [0.29, 0.717) is 5.75 Å². The monoisotopic (exact) mass is 288 g/mol. The lowest BCUT2D eigenvalue weighted by Crippen LogP contribution is -2.60. The molecule has 1 aromatic rings. The quantitative estimate of drug-likeness (QED) is 0.668. The first-order valence-electron chi connectivity index (χ1n) is 6.74. The number of benzene rings is 1. The first-order chi connectivity index (χ1) is 9.97. The fourth-order valence-corrected chi connectivity index (χ4v) is 3.22. The van der Waals surface area contributed by atoms with E-state index in [-0.39, 0.29) is 11.7 Å². The van der Waals surface area contributed by atoms with Gasteiger partial charge in [-0.05, 0) is 36.8 Å². The van der Waals surface area contributed by atoms with Gasteiger partial charge in [-0.25, -0.2) is 4.79 Å². The lowest BCUT2D eigenvalue weighted by atomic mass is 9.65. The fourth-order valence-electron chi connectivity index (χ4n) is 3.22. The largest absolute Gasteiger partial charge is 0.497 e. The number of ether oxygens (including phenoxy) is 2. The summed E-state index contributed by atoms with van der Waals surface area (Å²) < 4.78 is 10.3. The van der Waals surface area contributed by atoms with Crippen molar-refractivity contribution in [3.63, 3.8) is 0 Å². The van der Waals surface area contributed by atoms with E-state index >= 15 is 0 Å². The molecular formula is C16H16O5. The summed E-state index contributed by atoms with van der Waals surface area (Å²) in [6.07, 6.45) is 2.50. The zero-order valence-electron chi connectivity index (χ0n) is 11.8. The van der Waals surface area contributed by atoms with Crippen molar-refractivity contribution in [2.24, 2.45) is 5.92 Å². The summed E-state index contributed by atoms with van der Waals surface area (Å²) in [7, 11) is 1.57. The molecule has 3 aliphatic rings. The van der Waals surface area contributed by atoms with Crippen molar-refractivity contribution < 1.29 is 24.2 Å². The van der Waals surface area contributed by atoms with Gasteiger partial charge in [0.1, 0.15) is 17.6 Å². The molecule has 110 valence electrons. The molecule has 5 heteroatoms. The van der Waals surface area contributed by atoms with Crippen LogP contribution in [0.5, 0.6) is 5.75 Å². The Morgan fingerprint density at radius 3 is 2.52 bits per heavy atom. The molecule has 0 unspecified atom stereocenters. The molecule has 2 bridgehead atoms. The zero-order chi connectivity index (χ0) is 15.2. The Kier molecular flexibility index (Phi) is 3.10. The molecule has 0 spiro atoms. The summed E-state index contributed by atoms with van der Waals surface area (Å²) in [4.78, 5) is 23.9. The van der Waals surface area contributed by atoms with Gasteiger partial charge in [-0.3, -0.25) is 4.79 Å². The van der Waals surface area contributed by atoms with Crippen LogP contribution in [0, 0.1) is 5.92 Å². The summed E-state index contributed by atoms with van der Waals surface area (Å²) >= 11 is 0. The maximum Gasteiger partial charge on any atom is 0.343 e. The number of hydrogen-bond acceptors (Lipinski definition) is 5. The first kappa shape index (κ1) is 13.8. The van der Waals surface area contributed by atoms with Gasteiger partial charge in [0.05, 0.1) is 13.0 Å². The molecule has 5 nitrogen and oxygen atoms in total. The van der Waals surface area contributed by atoms with E-state index in [9.17, 15) is 14.7 Å². The number of hydrogen-bond donors (Lipinski definition) is 1. The molecule has 1 aromatic carbocycles. The normalized spacial score (nSPS) is 33.7. The van der Waals surface area contributed by atoms with Gasteiger partial charge in [-0.1, -0.05) is 12.1 Å². The molecule has 0 aromatic heterocycles. The summed E-state index contributed by atoms with van der Waals surface area (Å²) in [5.41, 5.74) is -1.04. The predicted molar refractivity (Wildman–Crippen MR) is 73.9 cm³/mol. The maximum atomic E-state index is 12.0. The molecule has 0 saturated carbocycles. The van der Waals surface area contributed by atoms with Gasteiger partial charge < -0.3 is 14.6 Å². The van der Waals surface area contributed by atoms with Crippen LogP contribution in [0.15, 0.2) is 36.4 Å². The number of aliphatic hydroxyl groups is 1. The number of ketones is 1. The highest BCUT2D eigenvalue weighted by atomic mass is 16.6. The van der Waals surface area contributed by atoms with Crippen LogP contribution >= 0.6 is 0 Å². The second-order valence-electron chi connectivity index (χ2n) is 5.44. The maximum absolute atomic E-state index is 12.0. The van der Waals surface area contributed by atoms with E-state index in [1.165, 1.54) is 13.0 Å². The van der Waals surface area contributed by atoms with Gasteiger partial charge in [-0.15, -0.1) is 0 Å². The third-order valence-electron chi connectivity index (χ3n) is 4.24. The van der Waals surface area contributed by atoms with Crippen LogP contribution < -0.4 is 4.74 Å². The van der Waals surface area contributed by atoms with Gasteiger partial charge >= 0.3 is 5.97 Å². The smallest absolute Gasteiger partial charge is 0.343 e. The minimum atomic E-state index is -1.87. The number of methoxy groups -OCH3 is 1. The van der Waals surface area contributed by atoms with E-state index in [1.807, 2.05) is 12.1 Å². The Balaban J connectivity index is 2.06.